The molecule has 8 nitrogen and oxygen atoms in total. The number of hydrogen-bond acceptors (Lipinski definition) is 6. The predicted octanol–water partition coefficient (Wildman–Crippen LogP) is 2.69. The summed E-state index contributed by atoms with van der Waals surface area (Å²) in [5.74, 6) is 0.315. The molecule has 1 saturated heterocycles. The first kappa shape index (κ1) is 19.2. The molecule has 8 heteroatoms. The average Bonchev–Trinajstić information content (AvgIpc) is 3.25. The molecule has 1 fully saturated rings. The Morgan fingerprint density at radius 1 is 1.03 bits per heavy atom. The molecular formula is C23H23N7O. The van der Waals surface area contributed by atoms with Gasteiger partial charge in [0.2, 0.25) is 0 Å². The Morgan fingerprint density at radius 3 is 2.71 bits per heavy atom. The fraction of sp³-hybridized carbons (Fsp3) is 0.217. The van der Waals surface area contributed by atoms with Crippen LogP contribution in [0.4, 0.5) is 11.5 Å². The van der Waals surface area contributed by atoms with Gasteiger partial charge in [0.15, 0.2) is 0 Å². The number of pyridine rings is 2. The van der Waals surface area contributed by atoms with Crippen molar-refractivity contribution in [1.82, 2.24) is 25.1 Å². The van der Waals surface area contributed by atoms with E-state index in [4.69, 9.17) is 0 Å². The van der Waals surface area contributed by atoms with Crippen LogP contribution < -0.4 is 15.5 Å². The van der Waals surface area contributed by atoms with Crippen molar-refractivity contribution in [3.8, 4) is 11.1 Å². The minimum Gasteiger partial charge on any atom is -0.369 e. The number of aromatic nitrogens is 4. The number of aryl methyl sites for hydroxylation is 1. The van der Waals surface area contributed by atoms with Crippen LogP contribution in [0.15, 0.2) is 61.2 Å². The van der Waals surface area contributed by atoms with Crippen LogP contribution in [0.1, 0.15) is 10.4 Å². The molecule has 4 aromatic rings. The Kier molecular flexibility index (Phi) is 5.05. The van der Waals surface area contributed by atoms with Gasteiger partial charge >= 0.3 is 0 Å². The van der Waals surface area contributed by atoms with Crippen molar-refractivity contribution in [3.05, 3.63) is 66.7 Å². The fourth-order valence-electron chi connectivity index (χ4n) is 3.78. The van der Waals surface area contributed by atoms with E-state index >= 15 is 0 Å². The van der Waals surface area contributed by atoms with Crippen LogP contribution in [0.25, 0.3) is 22.0 Å². The predicted molar refractivity (Wildman–Crippen MR) is 121 cm³/mol. The Bertz CT molecular complexity index is 1240. The third kappa shape index (κ3) is 4.10. The minimum atomic E-state index is -0.180. The highest BCUT2D eigenvalue weighted by Crippen LogP contribution is 2.24. The van der Waals surface area contributed by atoms with Gasteiger partial charge in [-0.1, -0.05) is 6.07 Å². The molecule has 156 valence electrons. The Balaban J connectivity index is 1.37. The van der Waals surface area contributed by atoms with E-state index in [0.717, 1.165) is 53.9 Å². The second-order valence-electron chi connectivity index (χ2n) is 7.63. The van der Waals surface area contributed by atoms with Gasteiger partial charge in [-0.15, -0.1) is 0 Å². The summed E-state index contributed by atoms with van der Waals surface area (Å²) in [6, 6.07) is 11.6. The fourth-order valence-corrected chi connectivity index (χ4v) is 3.78. The molecule has 31 heavy (non-hydrogen) atoms. The Hall–Kier alpha value is -3.78. The van der Waals surface area contributed by atoms with E-state index in [1.807, 2.05) is 49.6 Å². The van der Waals surface area contributed by atoms with Crippen LogP contribution in [0.2, 0.25) is 0 Å². The second-order valence-corrected chi connectivity index (χ2v) is 7.63. The zero-order chi connectivity index (χ0) is 21.2. The molecule has 0 spiro atoms. The normalized spacial score (nSPS) is 14.0. The number of piperazine rings is 1. The lowest BCUT2D eigenvalue weighted by Crippen LogP contribution is -2.43. The minimum absolute atomic E-state index is 0.180. The summed E-state index contributed by atoms with van der Waals surface area (Å²) in [4.78, 5) is 24.0. The molecule has 0 unspecified atom stereocenters. The Morgan fingerprint density at radius 2 is 1.90 bits per heavy atom. The summed E-state index contributed by atoms with van der Waals surface area (Å²) < 4.78 is 1.76. The van der Waals surface area contributed by atoms with Crippen molar-refractivity contribution in [1.29, 1.82) is 0 Å². The van der Waals surface area contributed by atoms with Crippen LogP contribution >= 0.6 is 0 Å². The van der Waals surface area contributed by atoms with Crippen LogP contribution in [0.5, 0.6) is 0 Å². The number of nitrogens with one attached hydrogen (secondary N) is 2. The summed E-state index contributed by atoms with van der Waals surface area (Å²) in [6.07, 6.45) is 7.23. The van der Waals surface area contributed by atoms with Crippen molar-refractivity contribution in [2.24, 2.45) is 7.05 Å². The molecule has 1 aliphatic heterocycles. The molecule has 0 saturated carbocycles. The van der Waals surface area contributed by atoms with Gasteiger partial charge in [-0.25, -0.2) is 4.98 Å². The maximum atomic E-state index is 12.9. The van der Waals surface area contributed by atoms with Gasteiger partial charge in [0, 0.05) is 73.4 Å². The summed E-state index contributed by atoms with van der Waals surface area (Å²) in [5, 5.41) is 11.4. The smallest absolute Gasteiger partial charge is 0.256 e. The van der Waals surface area contributed by atoms with Crippen molar-refractivity contribution in [2.45, 2.75) is 0 Å². The molecule has 0 radical (unpaired) electrons. The molecule has 1 aliphatic rings. The average molecular weight is 413 g/mol. The first-order chi connectivity index (χ1) is 15.2. The van der Waals surface area contributed by atoms with Crippen molar-refractivity contribution in [2.75, 3.05) is 36.4 Å². The third-order valence-corrected chi connectivity index (χ3v) is 5.44. The maximum absolute atomic E-state index is 12.9. The molecule has 0 bridgehead atoms. The number of anilines is 2. The number of amides is 1. The molecule has 0 atom stereocenters. The van der Waals surface area contributed by atoms with Crippen LogP contribution in [0.3, 0.4) is 0 Å². The SMILES string of the molecule is Cn1cc(-c2cnc3cnc(NC(=O)c4cccc(N5CCNCC5)c4)cc3c2)cn1. The molecule has 1 aromatic carbocycles. The lowest BCUT2D eigenvalue weighted by atomic mass is 10.1. The topological polar surface area (TPSA) is 88.0 Å². The molecule has 4 heterocycles. The lowest BCUT2D eigenvalue weighted by Gasteiger charge is -2.29. The molecule has 2 N–H and O–H groups in total. The summed E-state index contributed by atoms with van der Waals surface area (Å²) in [6.45, 7) is 3.77. The van der Waals surface area contributed by atoms with E-state index in [9.17, 15) is 4.79 Å². The van der Waals surface area contributed by atoms with E-state index in [-0.39, 0.29) is 5.91 Å². The van der Waals surface area contributed by atoms with E-state index in [1.54, 1.807) is 23.3 Å². The summed E-state index contributed by atoms with van der Waals surface area (Å²) in [5.41, 5.74) is 4.40. The highest BCUT2D eigenvalue weighted by atomic mass is 16.1. The lowest BCUT2D eigenvalue weighted by molar-refractivity contribution is 0.102. The van der Waals surface area contributed by atoms with Gasteiger partial charge in [-0.05, 0) is 30.3 Å². The Labute approximate surface area is 179 Å². The van der Waals surface area contributed by atoms with E-state index < -0.39 is 0 Å². The molecule has 3 aromatic heterocycles. The monoisotopic (exact) mass is 413 g/mol. The number of nitrogens with zero attached hydrogens (tertiary/aromatic N) is 5. The van der Waals surface area contributed by atoms with Crippen molar-refractivity contribution in [3.63, 3.8) is 0 Å². The largest absolute Gasteiger partial charge is 0.369 e. The van der Waals surface area contributed by atoms with E-state index in [2.05, 4.69) is 30.6 Å². The molecule has 5 rings (SSSR count). The zero-order valence-electron chi connectivity index (χ0n) is 17.2. The van der Waals surface area contributed by atoms with Crippen molar-refractivity contribution < 1.29 is 4.79 Å². The molecular weight excluding hydrogens is 390 g/mol. The highest BCUT2D eigenvalue weighted by molar-refractivity contribution is 6.05. The summed E-state index contributed by atoms with van der Waals surface area (Å²) in [7, 11) is 1.88. The van der Waals surface area contributed by atoms with Crippen LogP contribution in [0, 0.1) is 0 Å². The van der Waals surface area contributed by atoms with Gasteiger partial charge in [0.25, 0.3) is 5.91 Å². The van der Waals surface area contributed by atoms with E-state index in [1.165, 1.54) is 0 Å². The molecule has 0 aliphatic carbocycles. The van der Waals surface area contributed by atoms with Gasteiger partial charge in [-0.3, -0.25) is 14.5 Å². The summed E-state index contributed by atoms with van der Waals surface area (Å²) >= 11 is 0. The molecule has 1 amide bonds. The second kappa shape index (κ2) is 8.16. The zero-order valence-corrected chi connectivity index (χ0v) is 17.2. The van der Waals surface area contributed by atoms with Crippen LogP contribution in [-0.4, -0.2) is 51.8 Å². The third-order valence-electron chi connectivity index (χ3n) is 5.44. The maximum Gasteiger partial charge on any atom is 0.256 e. The highest BCUT2D eigenvalue weighted by Gasteiger charge is 2.14. The number of fused-ring (bicyclic) bond motifs is 1. The van der Waals surface area contributed by atoms with E-state index in [0.29, 0.717) is 11.4 Å². The standard InChI is InChI=1S/C23H23N7O/c1-29-15-19(13-27-29)18-9-17-11-22(26-14-21(17)25-12-18)28-23(31)16-3-2-4-20(10-16)30-7-5-24-6-8-30/h2-4,9-15,24H,5-8H2,1H3,(H,26,28,31). The van der Waals surface area contributed by atoms with Crippen molar-refractivity contribution >= 4 is 28.3 Å². The van der Waals surface area contributed by atoms with Gasteiger partial charge in [0.1, 0.15) is 5.82 Å². The van der Waals surface area contributed by atoms with Gasteiger partial charge in [0.05, 0.1) is 17.9 Å². The number of carbonyl (C=O) groups excluding carboxylic acids is 1. The quantitative estimate of drug-likeness (QED) is 0.535. The number of carbonyl (C=O) groups is 1. The first-order valence-electron chi connectivity index (χ1n) is 10.3. The number of hydrogen-bond donors (Lipinski definition) is 2. The van der Waals surface area contributed by atoms with Gasteiger partial charge in [-0.2, -0.15) is 5.10 Å². The first-order valence-corrected chi connectivity index (χ1v) is 10.3. The number of benzene rings is 1. The number of rotatable bonds is 4. The van der Waals surface area contributed by atoms with Gasteiger partial charge < -0.3 is 15.5 Å². The van der Waals surface area contributed by atoms with Crippen LogP contribution in [-0.2, 0) is 7.05 Å².